The number of anilines is 1. The molecule has 2 aromatic rings. The molecule has 0 unspecified atom stereocenters. The van der Waals surface area contributed by atoms with Crippen molar-refractivity contribution in [3.63, 3.8) is 0 Å². The average Bonchev–Trinajstić information content (AvgIpc) is 2.39. The zero-order valence-corrected chi connectivity index (χ0v) is 9.45. The standard InChI is InChI=1S/C12H14N4O/c17-10-2-5-16(6-3-10)12-11-9(1-4-14-12)7-13-8-15-11/h1,4,7-8,10,17H,2-3,5-6H2. The van der Waals surface area contributed by atoms with Gasteiger partial charge in [-0.15, -0.1) is 0 Å². The van der Waals surface area contributed by atoms with Crippen LogP contribution in [-0.2, 0) is 0 Å². The van der Waals surface area contributed by atoms with Crippen molar-refractivity contribution in [3.05, 3.63) is 24.8 Å². The van der Waals surface area contributed by atoms with Gasteiger partial charge in [0.05, 0.1) is 6.10 Å². The molecule has 88 valence electrons. The Morgan fingerprint density at radius 2 is 2.06 bits per heavy atom. The summed E-state index contributed by atoms with van der Waals surface area (Å²) in [6, 6.07) is 1.91. The lowest BCUT2D eigenvalue weighted by Gasteiger charge is -2.30. The number of hydrogen-bond donors (Lipinski definition) is 1. The summed E-state index contributed by atoms with van der Waals surface area (Å²) in [5.74, 6) is 0.900. The highest BCUT2D eigenvalue weighted by Crippen LogP contribution is 2.24. The van der Waals surface area contributed by atoms with E-state index >= 15 is 0 Å². The molecule has 0 amide bonds. The van der Waals surface area contributed by atoms with Crippen molar-refractivity contribution in [2.45, 2.75) is 18.9 Å². The highest BCUT2D eigenvalue weighted by atomic mass is 16.3. The van der Waals surface area contributed by atoms with E-state index in [4.69, 9.17) is 0 Å². The van der Waals surface area contributed by atoms with Crippen LogP contribution in [0.4, 0.5) is 5.82 Å². The maximum absolute atomic E-state index is 9.51. The van der Waals surface area contributed by atoms with Crippen molar-refractivity contribution in [2.24, 2.45) is 0 Å². The van der Waals surface area contributed by atoms with Crippen LogP contribution in [-0.4, -0.2) is 39.3 Å². The minimum atomic E-state index is -0.171. The summed E-state index contributed by atoms with van der Waals surface area (Å²) in [7, 11) is 0. The van der Waals surface area contributed by atoms with Gasteiger partial charge >= 0.3 is 0 Å². The molecule has 1 fully saturated rings. The summed E-state index contributed by atoms with van der Waals surface area (Å²) in [5, 5.41) is 10.5. The van der Waals surface area contributed by atoms with Gasteiger partial charge in [-0.25, -0.2) is 15.0 Å². The first kappa shape index (κ1) is 10.4. The molecule has 17 heavy (non-hydrogen) atoms. The molecule has 2 aromatic heterocycles. The Bertz CT molecular complexity index is 517. The Labute approximate surface area is 99.1 Å². The average molecular weight is 230 g/mol. The number of rotatable bonds is 1. The normalized spacial score (nSPS) is 17.6. The SMILES string of the molecule is OC1CCN(c2nccc3cncnc23)CC1. The molecular formula is C12H14N4O. The first-order chi connectivity index (χ1) is 8.34. The van der Waals surface area contributed by atoms with Gasteiger partial charge in [-0.2, -0.15) is 0 Å². The summed E-state index contributed by atoms with van der Waals surface area (Å²) in [4.78, 5) is 14.9. The smallest absolute Gasteiger partial charge is 0.155 e. The van der Waals surface area contributed by atoms with Crippen LogP contribution in [0.5, 0.6) is 0 Å². The Kier molecular flexibility index (Phi) is 2.60. The number of nitrogens with zero attached hydrogens (tertiary/aromatic N) is 4. The second-order valence-corrected chi connectivity index (χ2v) is 4.31. The summed E-state index contributed by atoms with van der Waals surface area (Å²) in [6.45, 7) is 1.66. The maximum atomic E-state index is 9.51. The highest BCUT2D eigenvalue weighted by Gasteiger charge is 2.19. The molecule has 1 saturated heterocycles. The third-order valence-corrected chi connectivity index (χ3v) is 3.17. The van der Waals surface area contributed by atoms with Gasteiger partial charge in [0.15, 0.2) is 5.82 Å². The number of fused-ring (bicyclic) bond motifs is 1. The fourth-order valence-electron chi connectivity index (χ4n) is 2.21. The van der Waals surface area contributed by atoms with Gasteiger partial charge in [0.1, 0.15) is 11.8 Å². The van der Waals surface area contributed by atoms with E-state index in [0.717, 1.165) is 42.7 Å². The Balaban J connectivity index is 2.00. The molecule has 1 N–H and O–H groups in total. The molecule has 0 atom stereocenters. The van der Waals surface area contributed by atoms with Gasteiger partial charge in [0.2, 0.25) is 0 Å². The minimum absolute atomic E-state index is 0.171. The van der Waals surface area contributed by atoms with Gasteiger partial charge in [0.25, 0.3) is 0 Å². The summed E-state index contributed by atoms with van der Waals surface area (Å²) in [6.07, 6.45) is 6.55. The lowest BCUT2D eigenvalue weighted by Crippen LogP contribution is -2.36. The van der Waals surface area contributed by atoms with Gasteiger partial charge in [-0.1, -0.05) is 0 Å². The number of hydrogen-bond acceptors (Lipinski definition) is 5. The van der Waals surface area contributed by atoms with E-state index in [1.807, 2.05) is 6.07 Å². The van der Waals surface area contributed by atoms with Gasteiger partial charge in [-0.05, 0) is 18.9 Å². The minimum Gasteiger partial charge on any atom is -0.393 e. The molecule has 0 spiro atoms. The number of piperidine rings is 1. The van der Waals surface area contributed by atoms with Crippen LogP contribution in [0, 0.1) is 0 Å². The van der Waals surface area contributed by atoms with Crippen LogP contribution in [0.15, 0.2) is 24.8 Å². The summed E-state index contributed by atoms with van der Waals surface area (Å²) >= 11 is 0. The van der Waals surface area contributed by atoms with Gasteiger partial charge < -0.3 is 10.0 Å². The molecule has 0 saturated carbocycles. The Morgan fingerprint density at radius 1 is 1.24 bits per heavy atom. The Morgan fingerprint density at radius 3 is 2.88 bits per heavy atom. The first-order valence-electron chi connectivity index (χ1n) is 5.82. The molecule has 0 radical (unpaired) electrons. The monoisotopic (exact) mass is 230 g/mol. The number of aromatic nitrogens is 3. The van der Waals surface area contributed by atoms with Gasteiger partial charge in [0, 0.05) is 30.9 Å². The van der Waals surface area contributed by atoms with Crippen molar-refractivity contribution >= 4 is 16.7 Å². The van der Waals surface area contributed by atoms with E-state index in [-0.39, 0.29) is 6.10 Å². The lowest BCUT2D eigenvalue weighted by atomic mass is 10.1. The molecule has 5 heteroatoms. The fourth-order valence-corrected chi connectivity index (χ4v) is 2.21. The van der Waals surface area contributed by atoms with Crippen LogP contribution in [0.25, 0.3) is 10.9 Å². The molecule has 0 bridgehead atoms. The third-order valence-electron chi connectivity index (χ3n) is 3.17. The van der Waals surface area contributed by atoms with E-state index in [1.165, 1.54) is 0 Å². The fraction of sp³-hybridized carbons (Fsp3) is 0.417. The van der Waals surface area contributed by atoms with E-state index < -0.39 is 0 Å². The van der Waals surface area contributed by atoms with Crippen molar-refractivity contribution < 1.29 is 5.11 Å². The number of pyridine rings is 1. The van der Waals surface area contributed by atoms with Crippen LogP contribution in [0.3, 0.4) is 0 Å². The number of aliphatic hydroxyl groups excluding tert-OH is 1. The zero-order valence-electron chi connectivity index (χ0n) is 9.45. The van der Waals surface area contributed by atoms with Crippen molar-refractivity contribution in [2.75, 3.05) is 18.0 Å². The van der Waals surface area contributed by atoms with Crippen LogP contribution >= 0.6 is 0 Å². The van der Waals surface area contributed by atoms with E-state index in [1.54, 1.807) is 18.7 Å². The molecule has 0 aliphatic carbocycles. The predicted octanol–water partition coefficient (Wildman–Crippen LogP) is 0.986. The first-order valence-corrected chi connectivity index (χ1v) is 5.82. The lowest BCUT2D eigenvalue weighted by molar-refractivity contribution is 0.145. The summed E-state index contributed by atoms with van der Waals surface area (Å²) in [5.41, 5.74) is 0.888. The van der Waals surface area contributed by atoms with E-state index in [0.29, 0.717) is 0 Å². The van der Waals surface area contributed by atoms with Gasteiger partial charge in [-0.3, -0.25) is 0 Å². The van der Waals surface area contributed by atoms with Crippen molar-refractivity contribution in [3.8, 4) is 0 Å². The largest absolute Gasteiger partial charge is 0.393 e. The summed E-state index contributed by atoms with van der Waals surface area (Å²) < 4.78 is 0. The zero-order chi connectivity index (χ0) is 11.7. The third kappa shape index (κ3) is 1.93. The van der Waals surface area contributed by atoms with E-state index in [9.17, 15) is 5.11 Å². The second kappa shape index (κ2) is 4.25. The molecule has 1 aliphatic rings. The van der Waals surface area contributed by atoms with Crippen molar-refractivity contribution in [1.82, 2.24) is 15.0 Å². The van der Waals surface area contributed by atoms with Crippen LogP contribution < -0.4 is 4.90 Å². The van der Waals surface area contributed by atoms with Crippen molar-refractivity contribution in [1.29, 1.82) is 0 Å². The maximum Gasteiger partial charge on any atom is 0.155 e. The Hall–Kier alpha value is -1.75. The molecule has 5 nitrogen and oxygen atoms in total. The molecular weight excluding hydrogens is 216 g/mol. The second-order valence-electron chi connectivity index (χ2n) is 4.31. The predicted molar refractivity (Wildman–Crippen MR) is 64.8 cm³/mol. The van der Waals surface area contributed by atoms with E-state index in [2.05, 4.69) is 19.9 Å². The van der Waals surface area contributed by atoms with Crippen LogP contribution in [0.2, 0.25) is 0 Å². The quantitative estimate of drug-likeness (QED) is 0.791. The van der Waals surface area contributed by atoms with Crippen LogP contribution in [0.1, 0.15) is 12.8 Å². The topological polar surface area (TPSA) is 62.1 Å². The molecule has 1 aliphatic heterocycles. The molecule has 3 rings (SSSR count). The highest BCUT2D eigenvalue weighted by molar-refractivity contribution is 5.87. The molecule has 0 aromatic carbocycles. The molecule has 3 heterocycles. The number of aliphatic hydroxyl groups is 1.